The molecule has 0 spiro atoms. The summed E-state index contributed by atoms with van der Waals surface area (Å²) < 4.78 is 0. The second-order valence-corrected chi connectivity index (χ2v) is 1.53. The minimum atomic E-state index is -0.958. The van der Waals surface area contributed by atoms with Crippen molar-refractivity contribution in [2.24, 2.45) is 0 Å². The lowest BCUT2D eigenvalue weighted by Crippen LogP contribution is -2.15. The van der Waals surface area contributed by atoms with Crippen LogP contribution < -0.4 is 0 Å². The number of carbonyl (C=O) groups excluding carboxylic acids is 1. The SMILES string of the molecule is C#CCC(O)C(C)=O. The summed E-state index contributed by atoms with van der Waals surface area (Å²) in [7, 11) is 0. The topological polar surface area (TPSA) is 37.3 Å². The van der Waals surface area contributed by atoms with Crippen molar-refractivity contribution in [3.8, 4) is 12.3 Å². The lowest BCUT2D eigenvalue weighted by atomic mass is 10.2. The van der Waals surface area contributed by atoms with Gasteiger partial charge >= 0.3 is 0 Å². The van der Waals surface area contributed by atoms with Crippen LogP contribution >= 0.6 is 0 Å². The first kappa shape index (κ1) is 7.19. The third-order valence-corrected chi connectivity index (χ3v) is 0.780. The zero-order valence-electron chi connectivity index (χ0n) is 4.72. The van der Waals surface area contributed by atoms with Crippen molar-refractivity contribution in [2.75, 3.05) is 0 Å². The minimum absolute atomic E-state index is 0.120. The fourth-order valence-electron chi connectivity index (χ4n) is 0.255. The molecule has 0 bridgehead atoms. The van der Waals surface area contributed by atoms with Gasteiger partial charge in [-0.1, -0.05) is 0 Å². The van der Waals surface area contributed by atoms with Gasteiger partial charge in [-0.05, 0) is 6.92 Å². The zero-order chi connectivity index (χ0) is 6.57. The van der Waals surface area contributed by atoms with Crippen molar-refractivity contribution in [1.29, 1.82) is 0 Å². The van der Waals surface area contributed by atoms with E-state index in [4.69, 9.17) is 11.5 Å². The second-order valence-electron chi connectivity index (χ2n) is 1.53. The molecule has 0 aromatic carbocycles. The number of aliphatic hydroxyl groups is 1. The van der Waals surface area contributed by atoms with Crippen molar-refractivity contribution >= 4 is 5.78 Å². The van der Waals surface area contributed by atoms with Crippen molar-refractivity contribution in [2.45, 2.75) is 19.4 Å². The van der Waals surface area contributed by atoms with Gasteiger partial charge in [-0.3, -0.25) is 4.79 Å². The first-order valence-corrected chi connectivity index (χ1v) is 2.30. The Bertz CT molecular complexity index is 121. The van der Waals surface area contributed by atoms with Crippen LogP contribution in [-0.2, 0) is 4.79 Å². The monoisotopic (exact) mass is 112 g/mol. The molecular weight excluding hydrogens is 104 g/mol. The first-order valence-electron chi connectivity index (χ1n) is 2.30. The molecule has 0 saturated carbocycles. The predicted octanol–water partition coefficient (Wildman–Crippen LogP) is -0.0404. The van der Waals surface area contributed by atoms with Gasteiger partial charge in [-0.25, -0.2) is 0 Å². The van der Waals surface area contributed by atoms with E-state index in [0.717, 1.165) is 0 Å². The molecular formula is C6H8O2. The molecule has 0 rings (SSSR count). The van der Waals surface area contributed by atoms with Gasteiger partial charge in [0.05, 0.1) is 0 Å². The van der Waals surface area contributed by atoms with Crippen LogP contribution in [0.5, 0.6) is 0 Å². The highest BCUT2D eigenvalue weighted by molar-refractivity contribution is 5.80. The van der Waals surface area contributed by atoms with Gasteiger partial charge in [-0.2, -0.15) is 0 Å². The van der Waals surface area contributed by atoms with Crippen LogP contribution in [-0.4, -0.2) is 17.0 Å². The molecule has 0 radical (unpaired) electrons. The standard InChI is InChI=1S/C6H8O2/c1-3-4-6(8)5(2)7/h1,6,8H,4H2,2H3. The molecule has 0 aromatic heterocycles. The molecule has 0 aliphatic rings. The lowest BCUT2D eigenvalue weighted by molar-refractivity contribution is -0.124. The average molecular weight is 112 g/mol. The summed E-state index contributed by atoms with van der Waals surface area (Å²) in [5.74, 6) is 1.90. The zero-order valence-corrected chi connectivity index (χ0v) is 4.72. The van der Waals surface area contributed by atoms with Crippen molar-refractivity contribution < 1.29 is 9.90 Å². The van der Waals surface area contributed by atoms with Gasteiger partial charge in [0.15, 0.2) is 5.78 Å². The Kier molecular flexibility index (Phi) is 2.90. The van der Waals surface area contributed by atoms with E-state index in [0.29, 0.717) is 0 Å². The molecule has 8 heavy (non-hydrogen) atoms. The number of Topliss-reactive ketones (excluding diaryl/α,β-unsaturated/α-hetero) is 1. The minimum Gasteiger partial charge on any atom is -0.384 e. The van der Waals surface area contributed by atoms with E-state index in [1.165, 1.54) is 6.92 Å². The summed E-state index contributed by atoms with van der Waals surface area (Å²) in [6.07, 6.45) is 3.97. The highest BCUT2D eigenvalue weighted by atomic mass is 16.3. The maximum absolute atomic E-state index is 10.2. The van der Waals surface area contributed by atoms with E-state index >= 15 is 0 Å². The summed E-state index contributed by atoms with van der Waals surface area (Å²) in [6, 6.07) is 0. The Hall–Kier alpha value is -0.810. The van der Waals surface area contributed by atoms with Crippen LogP contribution in [0, 0.1) is 12.3 Å². The second kappa shape index (κ2) is 3.23. The number of terminal acetylenes is 1. The molecule has 2 heteroatoms. The molecule has 1 atom stereocenters. The largest absolute Gasteiger partial charge is 0.384 e. The molecule has 0 saturated heterocycles. The Morgan fingerprint density at radius 2 is 2.50 bits per heavy atom. The summed E-state index contributed by atoms with van der Waals surface area (Å²) in [5.41, 5.74) is 0. The summed E-state index contributed by atoms with van der Waals surface area (Å²) in [6.45, 7) is 1.31. The Balaban J connectivity index is 3.52. The predicted molar refractivity (Wildman–Crippen MR) is 30.1 cm³/mol. The summed E-state index contributed by atoms with van der Waals surface area (Å²) in [4.78, 5) is 10.2. The number of ketones is 1. The van der Waals surface area contributed by atoms with Crippen molar-refractivity contribution in [1.82, 2.24) is 0 Å². The Labute approximate surface area is 48.5 Å². The van der Waals surface area contributed by atoms with Gasteiger partial charge in [0.25, 0.3) is 0 Å². The molecule has 44 valence electrons. The quantitative estimate of drug-likeness (QED) is 0.509. The fourth-order valence-corrected chi connectivity index (χ4v) is 0.255. The van der Waals surface area contributed by atoms with Crippen molar-refractivity contribution in [3.05, 3.63) is 0 Å². The first-order chi connectivity index (χ1) is 3.68. The van der Waals surface area contributed by atoms with E-state index in [1.807, 2.05) is 0 Å². The highest BCUT2D eigenvalue weighted by Gasteiger charge is 2.05. The molecule has 0 fully saturated rings. The molecule has 0 amide bonds. The van der Waals surface area contributed by atoms with E-state index in [9.17, 15) is 4.79 Å². The van der Waals surface area contributed by atoms with Crippen LogP contribution in [0.4, 0.5) is 0 Å². The molecule has 0 aliphatic heterocycles. The maximum atomic E-state index is 10.2. The maximum Gasteiger partial charge on any atom is 0.159 e. The molecule has 1 N–H and O–H groups in total. The van der Waals surface area contributed by atoms with E-state index in [2.05, 4.69) is 5.92 Å². The number of aliphatic hydroxyl groups excluding tert-OH is 1. The van der Waals surface area contributed by atoms with Crippen LogP contribution in [0.3, 0.4) is 0 Å². The van der Waals surface area contributed by atoms with Gasteiger partial charge in [0.2, 0.25) is 0 Å². The van der Waals surface area contributed by atoms with Crippen LogP contribution in [0.1, 0.15) is 13.3 Å². The number of hydrogen-bond acceptors (Lipinski definition) is 2. The van der Waals surface area contributed by atoms with Crippen LogP contribution in [0.2, 0.25) is 0 Å². The van der Waals surface area contributed by atoms with Gasteiger partial charge in [-0.15, -0.1) is 12.3 Å². The molecule has 1 unspecified atom stereocenters. The Morgan fingerprint density at radius 3 is 2.62 bits per heavy atom. The van der Waals surface area contributed by atoms with Crippen LogP contribution in [0.15, 0.2) is 0 Å². The number of hydrogen-bond donors (Lipinski definition) is 1. The third kappa shape index (κ3) is 2.38. The highest BCUT2D eigenvalue weighted by Crippen LogP contribution is 1.88. The van der Waals surface area contributed by atoms with Gasteiger partial charge in [0.1, 0.15) is 6.10 Å². The normalized spacial score (nSPS) is 12.1. The fraction of sp³-hybridized carbons (Fsp3) is 0.500. The van der Waals surface area contributed by atoms with E-state index in [-0.39, 0.29) is 12.2 Å². The average Bonchev–Trinajstić information content (AvgIpc) is 1.67. The number of carbonyl (C=O) groups is 1. The lowest BCUT2D eigenvalue weighted by Gasteiger charge is -1.97. The van der Waals surface area contributed by atoms with Crippen LogP contribution in [0.25, 0.3) is 0 Å². The Morgan fingerprint density at radius 1 is 2.00 bits per heavy atom. The van der Waals surface area contributed by atoms with E-state index < -0.39 is 6.10 Å². The third-order valence-electron chi connectivity index (χ3n) is 0.780. The molecule has 0 heterocycles. The molecule has 2 nitrogen and oxygen atoms in total. The van der Waals surface area contributed by atoms with Gasteiger partial charge in [0, 0.05) is 6.42 Å². The number of rotatable bonds is 2. The van der Waals surface area contributed by atoms with E-state index in [1.54, 1.807) is 0 Å². The van der Waals surface area contributed by atoms with Crippen molar-refractivity contribution in [3.63, 3.8) is 0 Å². The molecule has 0 aliphatic carbocycles. The molecule has 0 aromatic rings. The smallest absolute Gasteiger partial charge is 0.159 e. The summed E-state index contributed by atoms with van der Waals surface area (Å²) >= 11 is 0. The van der Waals surface area contributed by atoms with Gasteiger partial charge < -0.3 is 5.11 Å². The summed E-state index contributed by atoms with van der Waals surface area (Å²) in [5, 5.41) is 8.63.